The van der Waals surface area contributed by atoms with Crippen molar-refractivity contribution in [1.29, 1.82) is 0 Å². The third-order valence-electron chi connectivity index (χ3n) is 6.03. The minimum Gasteiger partial charge on any atom is -0.410 e. The molecule has 1 fully saturated rings. The van der Waals surface area contributed by atoms with Gasteiger partial charge in [0, 0.05) is 17.8 Å². The topological polar surface area (TPSA) is 29.5 Å². The summed E-state index contributed by atoms with van der Waals surface area (Å²) < 4.78 is 18.9. The van der Waals surface area contributed by atoms with E-state index in [4.69, 9.17) is 4.74 Å². The summed E-state index contributed by atoms with van der Waals surface area (Å²) in [7, 11) is 0. The van der Waals surface area contributed by atoms with Crippen LogP contribution in [0.4, 0.5) is 9.18 Å². The fourth-order valence-electron chi connectivity index (χ4n) is 4.47. The number of likely N-dealkylation sites (tertiary alicyclic amines) is 1. The van der Waals surface area contributed by atoms with E-state index in [1.807, 2.05) is 42.1 Å². The molecule has 0 aliphatic carbocycles. The number of fused-ring (bicyclic) bond motifs is 2. The molecule has 3 aromatic rings. The van der Waals surface area contributed by atoms with Gasteiger partial charge < -0.3 is 9.64 Å². The minimum absolute atomic E-state index is 0.0286. The summed E-state index contributed by atoms with van der Waals surface area (Å²) >= 11 is 1.94. The molecule has 2 heterocycles. The molecule has 0 bridgehead atoms. The van der Waals surface area contributed by atoms with Gasteiger partial charge in [0.1, 0.15) is 11.6 Å². The van der Waals surface area contributed by atoms with Crippen molar-refractivity contribution in [2.45, 2.75) is 22.8 Å². The van der Waals surface area contributed by atoms with Crippen LogP contribution in [0, 0.1) is 5.82 Å². The quantitative estimate of drug-likeness (QED) is 0.499. The molecule has 3 nitrogen and oxygen atoms in total. The Morgan fingerprint density at radius 2 is 1.60 bits per heavy atom. The minimum atomic E-state index is -0.289. The van der Waals surface area contributed by atoms with Crippen LogP contribution in [0.5, 0.6) is 5.75 Å². The van der Waals surface area contributed by atoms with Gasteiger partial charge in [0.15, 0.2) is 0 Å². The molecule has 5 rings (SSSR count). The van der Waals surface area contributed by atoms with Gasteiger partial charge in [0.05, 0.1) is 5.25 Å². The van der Waals surface area contributed by atoms with Gasteiger partial charge in [-0.3, -0.25) is 0 Å². The van der Waals surface area contributed by atoms with Crippen LogP contribution < -0.4 is 4.74 Å². The van der Waals surface area contributed by atoms with Crippen LogP contribution in [-0.4, -0.2) is 24.1 Å². The Morgan fingerprint density at radius 1 is 0.933 bits per heavy atom. The fraction of sp³-hybridized carbons (Fsp3) is 0.240. The number of benzene rings is 3. The van der Waals surface area contributed by atoms with E-state index in [9.17, 15) is 9.18 Å². The highest BCUT2D eigenvalue weighted by atomic mass is 32.2. The van der Waals surface area contributed by atoms with E-state index >= 15 is 0 Å². The number of para-hydroxylation sites is 1. The number of carbonyl (C=O) groups excluding carboxylic acids is 1. The molecule has 2 aliphatic heterocycles. The molecule has 30 heavy (non-hydrogen) atoms. The number of hydrogen-bond acceptors (Lipinski definition) is 3. The molecule has 0 aromatic heterocycles. The van der Waals surface area contributed by atoms with Crippen LogP contribution in [0.15, 0.2) is 78.9 Å². The zero-order valence-electron chi connectivity index (χ0n) is 16.5. The van der Waals surface area contributed by atoms with Crippen molar-refractivity contribution in [1.82, 2.24) is 4.90 Å². The number of piperidine rings is 1. The molecule has 2 aliphatic rings. The zero-order chi connectivity index (χ0) is 20.6. The van der Waals surface area contributed by atoms with Crippen molar-refractivity contribution in [3.05, 3.63) is 101 Å². The summed E-state index contributed by atoms with van der Waals surface area (Å²) in [4.78, 5) is 14.4. The van der Waals surface area contributed by atoms with Gasteiger partial charge in [0.25, 0.3) is 0 Å². The van der Waals surface area contributed by atoms with Gasteiger partial charge in [-0.2, -0.15) is 0 Å². The summed E-state index contributed by atoms with van der Waals surface area (Å²) in [5, 5.41) is 0.185. The Morgan fingerprint density at radius 3 is 2.33 bits per heavy atom. The largest absolute Gasteiger partial charge is 0.415 e. The predicted octanol–water partition coefficient (Wildman–Crippen LogP) is 6.15. The lowest BCUT2D eigenvalue weighted by Gasteiger charge is -2.39. The molecule has 3 aromatic carbocycles. The Kier molecular flexibility index (Phi) is 4.99. The second kappa shape index (κ2) is 7.80. The van der Waals surface area contributed by atoms with Crippen LogP contribution in [0.2, 0.25) is 0 Å². The highest BCUT2D eigenvalue weighted by molar-refractivity contribution is 8.01. The van der Waals surface area contributed by atoms with Gasteiger partial charge >= 0.3 is 6.09 Å². The summed E-state index contributed by atoms with van der Waals surface area (Å²) in [6.45, 7) is 1.31. The molecule has 5 heteroatoms. The Hall–Kier alpha value is -2.79. The van der Waals surface area contributed by atoms with Gasteiger partial charge in [-0.1, -0.05) is 54.6 Å². The number of carbonyl (C=O) groups is 1. The van der Waals surface area contributed by atoms with E-state index in [1.165, 1.54) is 23.3 Å². The summed E-state index contributed by atoms with van der Waals surface area (Å²) in [5.41, 5.74) is 3.77. The van der Waals surface area contributed by atoms with Gasteiger partial charge in [-0.05, 0) is 53.8 Å². The molecule has 1 saturated heterocycles. The molecule has 0 saturated carbocycles. The summed E-state index contributed by atoms with van der Waals surface area (Å²) in [5.74, 6) is 0.356. The lowest BCUT2D eigenvalue weighted by Crippen LogP contribution is -2.44. The van der Waals surface area contributed by atoms with E-state index in [0.29, 0.717) is 18.8 Å². The van der Waals surface area contributed by atoms with E-state index in [0.717, 1.165) is 18.4 Å². The molecule has 1 spiro atoms. The highest BCUT2D eigenvalue weighted by Crippen LogP contribution is 2.61. The normalized spacial score (nSPS) is 19.5. The standard InChI is InChI=1S/C25H22FNO2S/c26-19-12-10-18(11-13-19)23-21-8-4-5-9-22(21)25(30-23)14-16-27(17-15-25)24(28)29-20-6-2-1-3-7-20/h1-13,23H,14-17H2. The maximum Gasteiger partial charge on any atom is 0.415 e. The van der Waals surface area contributed by atoms with Crippen molar-refractivity contribution in [2.75, 3.05) is 13.1 Å². The first-order chi connectivity index (χ1) is 14.6. The first-order valence-electron chi connectivity index (χ1n) is 10.2. The van der Waals surface area contributed by atoms with Gasteiger partial charge in [-0.15, -0.1) is 11.8 Å². The molecular formula is C25H22FNO2S. The van der Waals surface area contributed by atoms with E-state index < -0.39 is 0 Å². The average Bonchev–Trinajstić information content (AvgIpc) is 3.10. The van der Waals surface area contributed by atoms with E-state index in [1.54, 1.807) is 17.0 Å². The number of rotatable bonds is 2. The van der Waals surface area contributed by atoms with Crippen molar-refractivity contribution in [3.8, 4) is 5.75 Å². The third kappa shape index (κ3) is 3.47. The second-order valence-corrected chi connectivity index (χ2v) is 9.29. The third-order valence-corrected chi connectivity index (χ3v) is 7.87. The first-order valence-corrected chi connectivity index (χ1v) is 11.1. The smallest absolute Gasteiger partial charge is 0.410 e. The van der Waals surface area contributed by atoms with Crippen LogP contribution >= 0.6 is 11.8 Å². The first kappa shape index (κ1) is 19.2. The predicted molar refractivity (Wildman–Crippen MR) is 117 cm³/mol. The number of hydrogen-bond donors (Lipinski definition) is 0. The SMILES string of the molecule is O=C(Oc1ccccc1)N1CCC2(CC1)SC(c1ccc(F)cc1)c1ccccc12. The number of halogens is 1. The maximum absolute atomic E-state index is 13.4. The monoisotopic (exact) mass is 419 g/mol. The number of nitrogens with zero attached hydrogens (tertiary/aromatic N) is 1. The Labute approximate surface area is 179 Å². The van der Waals surface area contributed by atoms with Crippen molar-refractivity contribution < 1.29 is 13.9 Å². The number of thioether (sulfide) groups is 1. The Bertz CT molecular complexity index is 1050. The maximum atomic E-state index is 13.4. The molecule has 1 atom stereocenters. The van der Waals surface area contributed by atoms with E-state index in [-0.39, 0.29) is 21.9 Å². The van der Waals surface area contributed by atoms with Crippen molar-refractivity contribution in [2.24, 2.45) is 0 Å². The highest BCUT2D eigenvalue weighted by Gasteiger charge is 2.47. The molecular weight excluding hydrogens is 397 g/mol. The van der Waals surface area contributed by atoms with Crippen LogP contribution in [0.3, 0.4) is 0 Å². The van der Waals surface area contributed by atoms with Gasteiger partial charge in [-0.25, -0.2) is 9.18 Å². The van der Waals surface area contributed by atoms with Crippen LogP contribution in [-0.2, 0) is 4.75 Å². The Balaban J connectivity index is 1.34. The van der Waals surface area contributed by atoms with Gasteiger partial charge in [0.2, 0.25) is 0 Å². The number of amides is 1. The molecule has 0 radical (unpaired) electrons. The molecule has 1 unspecified atom stereocenters. The molecule has 152 valence electrons. The van der Waals surface area contributed by atoms with Crippen LogP contribution in [0.25, 0.3) is 0 Å². The van der Waals surface area contributed by atoms with Crippen molar-refractivity contribution >= 4 is 17.9 Å². The average molecular weight is 420 g/mol. The second-order valence-electron chi connectivity index (χ2n) is 7.80. The summed E-state index contributed by atoms with van der Waals surface area (Å²) in [6.07, 6.45) is 1.45. The van der Waals surface area contributed by atoms with Crippen molar-refractivity contribution in [3.63, 3.8) is 0 Å². The lowest BCUT2D eigenvalue weighted by atomic mass is 9.84. The number of ether oxygens (including phenoxy) is 1. The fourth-order valence-corrected chi connectivity index (χ4v) is 6.28. The van der Waals surface area contributed by atoms with Crippen LogP contribution in [0.1, 0.15) is 34.8 Å². The molecule has 0 N–H and O–H groups in total. The summed E-state index contributed by atoms with van der Waals surface area (Å²) in [6, 6.07) is 24.6. The van der Waals surface area contributed by atoms with E-state index in [2.05, 4.69) is 24.3 Å². The zero-order valence-corrected chi connectivity index (χ0v) is 17.3. The lowest BCUT2D eigenvalue weighted by molar-refractivity contribution is 0.135. The molecule has 1 amide bonds.